The highest BCUT2D eigenvalue weighted by atomic mass is 19.1. The first-order valence-corrected chi connectivity index (χ1v) is 11.2. The molecule has 0 aliphatic carbocycles. The van der Waals surface area contributed by atoms with Gasteiger partial charge in [0.2, 0.25) is 0 Å². The third kappa shape index (κ3) is 6.38. The summed E-state index contributed by atoms with van der Waals surface area (Å²) in [5, 5.41) is 4.31. The largest absolute Gasteiger partial charge is 0.311 e. The molecular weight excluding hydrogens is 429 g/mol. The standard InChI is InChI=1S/C25H24FN3O2.C3H8/c1-6-17-12-21(25(31)29(5)22(17)11-15(2)3)20-13-18(8-7-16(20)4)24(30)28-23-10-9-19(26)14-27-23;1-3-2/h6-14H,2H2,1,3-5H3,(H,27,28,30);3H2,1-2H3/b17-6-,22-11+;. The van der Waals surface area contributed by atoms with Gasteiger partial charge in [0.05, 0.1) is 11.5 Å². The van der Waals surface area contributed by atoms with Crippen molar-refractivity contribution in [1.29, 1.82) is 0 Å². The van der Waals surface area contributed by atoms with Gasteiger partial charge >= 0.3 is 0 Å². The first-order chi connectivity index (χ1) is 16.1. The fourth-order valence-electron chi connectivity index (χ4n) is 3.30. The first-order valence-electron chi connectivity index (χ1n) is 11.2. The van der Waals surface area contributed by atoms with E-state index >= 15 is 0 Å². The smallest absolute Gasteiger partial charge is 0.258 e. The zero-order valence-electron chi connectivity index (χ0n) is 20.7. The lowest BCUT2D eigenvalue weighted by Crippen LogP contribution is -2.42. The molecule has 0 bridgehead atoms. The highest BCUT2D eigenvalue weighted by molar-refractivity contribution is 6.04. The summed E-state index contributed by atoms with van der Waals surface area (Å²) in [7, 11) is 1.72. The molecule has 3 aromatic rings. The summed E-state index contributed by atoms with van der Waals surface area (Å²) in [6.07, 6.45) is 6.09. The van der Waals surface area contributed by atoms with Crippen LogP contribution in [0.2, 0.25) is 0 Å². The minimum atomic E-state index is -0.484. The van der Waals surface area contributed by atoms with Crippen LogP contribution in [0, 0.1) is 12.7 Å². The Morgan fingerprint density at radius 3 is 2.41 bits per heavy atom. The van der Waals surface area contributed by atoms with E-state index in [1.807, 2.05) is 39.0 Å². The molecular formula is C28H32FN3O2. The Balaban J connectivity index is 0.00000129. The van der Waals surface area contributed by atoms with E-state index in [4.69, 9.17) is 0 Å². The lowest BCUT2D eigenvalue weighted by Gasteiger charge is -2.11. The molecule has 2 heterocycles. The third-order valence-corrected chi connectivity index (χ3v) is 4.95. The van der Waals surface area contributed by atoms with E-state index in [1.165, 1.54) is 18.6 Å². The maximum atomic E-state index is 13.1. The summed E-state index contributed by atoms with van der Waals surface area (Å²) in [6.45, 7) is 13.8. The maximum Gasteiger partial charge on any atom is 0.258 e. The van der Waals surface area contributed by atoms with Crippen LogP contribution in [0.4, 0.5) is 10.2 Å². The van der Waals surface area contributed by atoms with Crippen LogP contribution in [0.25, 0.3) is 23.3 Å². The van der Waals surface area contributed by atoms with Crippen LogP contribution < -0.4 is 21.4 Å². The molecule has 178 valence electrons. The molecule has 0 saturated carbocycles. The number of anilines is 1. The van der Waals surface area contributed by atoms with E-state index in [1.54, 1.807) is 29.8 Å². The van der Waals surface area contributed by atoms with Crippen molar-refractivity contribution >= 4 is 23.9 Å². The van der Waals surface area contributed by atoms with E-state index in [2.05, 4.69) is 30.7 Å². The normalized spacial score (nSPS) is 11.6. The third-order valence-electron chi connectivity index (χ3n) is 4.95. The molecule has 0 unspecified atom stereocenters. The van der Waals surface area contributed by atoms with Gasteiger partial charge in [0, 0.05) is 18.2 Å². The molecule has 0 saturated heterocycles. The summed E-state index contributed by atoms with van der Waals surface area (Å²) >= 11 is 0. The average molecular weight is 462 g/mol. The van der Waals surface area contributed by atoms with Crippen molar-refractivity contribution in [2.45, 2.75) is 41.0 Å². The van der Waals surface area contributed by atoms with Crippen molar-refractivity contribution in [1.82, 2.24) is 9.55 Å². The average Bonchev–Trinajstić information content (AvgIpc) is 2.79. The van der Waals surface area contributed by atoms with Crippen LogP contribution in [-0.2, 0) is 7.05 Å². The SMILES string of the molecule is C=C(C)/C=c1\c(=C/C)cc(-c2cc(C(=O)Nc3ccc(F)cn3)ccc2C)c(=O)n1C.CCC. The first kappa shape index (κ1) is 26.5. The van der Waals surface area contributed by atoms with Gasteiger partial charge in [-0.1, -0.05) is 44.6 Å². The van der Waals surface area contributed by atoms with Gasteiger partial charge in [0.15, 0.2) is 0 Å². The number of aromatic nitrogens is 2. The predicted molar refractivity (Wildman–Crippen MR) is 139 cm³/mol. The molecule has 6 heteroatoms. The van der Waals surface area contributed by atoms with E-state index in [0.29, 0.717) is 16.7 Å². The Morgan fingerprint density at radius 2 is 1.85 bits per heavy atom. The van der Waals surface area contributed by atoms with E-state index in [-0.39, 0.29) is 11.4 Å². The van der Waals surface area contributed by atoms with Crippen molar-refractivity contribution < 1.29 is 9.18 Å². The highest BCUT2D eigenvalue weighted by Crippen LogP contribution is 2.21. The second-order valence-electron chi connectivity index (χ2n) is 8.09. The number of benzene rings is 1. The number of rotatable bonds is 4. The molecule has 0 fully saturated rings. The number of aryl methyl sites for hydroxylation is 1. The highest BCUT2D eigenvalue weighted by Gasteiger charge is 2.14. The summed E-state index contributed by atoms with van der Waals surface area (Å²) in [5.74, 6) is -0.638. The Bertz CT molecular complexity index is 1370. The van der Waals surface area contributed by atoms with E-state index < -0.39 is 11.7 Å². The van der Waals surface area contributed by atoms with Gasteiger partial charge < -0.3 is 9.88 Å². The van der Waals surface area contributed by atoms with Gasteiger partial charge in [-0.2, -0.15) is 0 Å². The number of hydrogen-bond acceptors (Lipinski definition) is 3. The quantitative estimate of drug-likeness (QED) is 0.612. The number of allylic oxidation sites excluding steroid dienone is 1. The maximum absolute atomic E-state index is 13.1. The lowest BCUT2D eigenvalue weighted by molar-refractivity contribution is 0.102. The molecule has 1 N–H and O–H groups in total. The van der Waals surface area contributed by atoms with Crippen LogP contribution in [0.3, 0.4) is 0 Å². The van der Waals surface area contributed by atoms with E-state index in [0.717, 1.165) is 27.9 Å². The number of hydrogen-bond donors (Lipinski definition) is 1. The van der Waals surface area contributed by atoms with Gasteiger partial charge in [-0.05, 0) is 73.5 Å². The molecule has 2 aromatic heterocycles. The molecule has 0 aliphatic heterocycles. The summed E-state index contributed by atoms with van der Waals surface area (Å²) in [5.41, 5.74) is 3.08. The summed E-state index contributed by atoms with van der Waals surface area (Å²) in [4.78, 5) is 29.7. The van der Waals surface area contributed by atoms with E-state index in [9.17, 15) is 14.0 Å². The molecule has 1 amide bonds. The molecule has 0 aliphatic rings. The summed E-state index contributed by atoms with van der Waals surface area (Å²) < 4.78 is 14.6. The minimum absolute atomic E-state index is 0.168. The molecule has 0 spiro atoms. The topological polar surface area (TPSA) is 64.0 Å². The number of carbonyl (C=O) groups is 1. The second-order valence-corrected chi connectivity index (χ2v) is 8.09. The van der Waals surface area contributed by atoms with Gasteiger partial charge in [-0.25, -0.2) is 9.37 Å². The van der Waals surface area contributed by atoms with Gasteiger partial charge in [0.1, 0.15) is 11.6 Å². The molecule has 1 aromatic carbocycles. The van der Waals surface area contributed by atoms with Gasteiger partial charge in [-0.3, -0.25) is 9.59 Å². The van der Waals surface area contributed by atoms with Gasteiger partial charge in [0.25, 0.3) is 11.5 Å². The van der Waals surface area contributed by atoms with Crippen LogP contribution in [0.1, 0.15) is 50.0 Å². The summed E-state index contributed by atoms with van der Waals surface area (Å²) in [6, 6.07) is 9.61. The number of nitrogens with zero attached hydrogens (tertiary/aromatic N) is 2. The number of halogens is 1. The minimum Gasteiger partial charge on any atom is -0.311 e. The number of nitrogens with one attached hydrogen (secondary N) is 1. The molecule has 3 rings (SSSR count). The molecule has 0 atom stereocenters. The number of pyridine rings is 2. The predicted octanol–water partition coefficient (Wildman–Crippen LogP) is 4.72. The van der Waals surface area contributed by atoms with Crippen molar-refractivity contribution in [3.05, 3.63) is 92.6 Å². The Labute approximate surface area is 200 Å². The lowest BCUT2D eigenvalue weighted by atomic mass is 9.98. The fraction of sp³-hybridized carbons (Fsp3) is 0.250. The Hall–Kier alpha value is -3.80. The van der Waals surface area contributed by atoms with Crippen molar-refractivity contribution in [2.24, 2.45) is 7.05 Å². The van der Waals surface area contributed by atoms with Gasteiger partial charge in [-0.15, -0.1) is 0 Å². The number of carbonyl (C=O) groups excluding carboxylic acids is 1. The zero-order chi connectivity index (χ0) is 25.4. The molecule has 0 radical (unpaired) electrons. The van der Waals surface area contributed by atoms with Crippen molar-refractivity contribution in [3.8, 4) is 11.1 Å². The molecule has 34 heavy (non-hydrogen) atoms. The fourth-order valence-corrected chi connectivity index (χ4v) is 3.30. The monoisotopic (exact) mass is 461 g/mol. The Kier molecular flexibility index (Phi) is 9.25. The zero-order valence-corrected chi connectivity index (χ0v) is 20.7. The van der Waals surface area contributed by atoms with Crippen molar-refractivity contribution in [3.63, 3.8) is 0 Å². The molecule has 5 nitrogen and oxygen atoms in total. The Morgan fingerprint density at radius 1 is 1.18 bits per heavy atom. The van der Waals surface area contributed by atoms with Crippen LogP contribution in [0.15, 0.2) is 59.5 Å². The van der Waals surface area contributed by atoms with Crippen LogP contribution >= 0.6 is 0 Å². The van der Waals surface area contributed by atoms with Crippen LogP contribution in [-0.4, -0.2) is 15.5 Å². The number of amides is 1. The second kappa shape index (κ2) is 11.9. The van der Waals surface area contributed by atoms with Crippen molar-refractivity contribution in [2.75, 3.05) is 5.32 Å². The van der Waals surface area contributed by atoms with Crippen LogP contribution in [0.5, 0.6) is 0 Å².